The molecule has 0 spiro atoms. The average molecular weight is 297 g/mol. The second kappa shape index (κ2) is 5.59. The van der Waals surface area contributed by atoms with E-state index in [1.165, 1.54) is 7.11 Å². The number of halogens is 1. The molecule has 0 saturated carbocycles. The van der Waals surface area contributed by atoms with Crippen LogP contribution in [0.1, 0.15) is 18.5 Å². The second-order valence-electron chi connectivity index (χ2n) is 4.12. The topological polar surface area (TPSA) is 50.4 Å². The summed E-state index contributed by atoms with van der Waals surface area (Å²) in [4.78, 5) is 11.9. The summed E-state index contributed by atoms with van der Waals surface area (Å²) < 4.78 is 4.82. The summed E-state index contributed by atoms with van der Waals surface area (Å²) in [7, 11) is 1.35. The number of hydrogen-bond donors (Lipinski definition) is 2. The molecule has 6 heteroatoms. The number of allylic oxidation sites excluding steroid dienone is 1. The van der Waals surface area contributed by atoms with Crippen molar-refractivity contribution in [2.45, 2.75) is 13.0 Å². The third kappa shape index (κ3) is 2.88. The van der Waals surface area contributed by atoms with Crippen molar-refractivity contribution in [1.29, 1.82) is 0 Å². The molecular formula is C13H13ClN2O2S. The molecule has 4 nitrogen and oxygen atoms in total. The second-order valence-corrected chi connectivity index (χ2v) is 4.96. The predicted molar refractivity (Wildman–Crippen MR) is 77.8 cm³/mol. The van der Waals surface area contributed by atoms with Gasteiger partial charge in [-0.3, -0.25) is 0 Å². The van der Waals surface area contributed by atoms with Gasteiger partial charge in [0.25, 0.3) is 0 Å². The summed E-state index contributed by atoms with van der Waals surface area (Å²) in [6, 6.07) is 6.92. The molecule has 1 aromatic rings. The van der Waals surface area contributed by atoms with Crippen LogP contribution < -0.4 is 10.6 Å². The first kappa shape index (κ1) is 13.8. The molecule has 1 atom stereocenters. The van der Waals surface area contributed by atoms with Crippen molar-refractivity contribution < 1.29 is 9.53 Å². The lowest BCUT2D eigenvalue weighted by Crippen LogP contribution is -2.45. The van der Waals surface area contributed by atoms with Gasteiger partial charge in [0, 0.05) is 10.7 Å². The Labute approximate surface area is 121 Å². The molecule has 0 aromatic heterocycles. The molecule has 0 bridgehead atoms. The van der Waals surface area contributed by atoms with Crippen LogP contribution in [-0.2, 0) is 9.53 Å². The Morgan fingerprint density at radius 2 is 2.21 bits per heavy atom. The van der Waals surface area contributed by atoms with Gasteiger partial charge in [-0.25, -0.2) is 4.79 Å². The highest BCUT2D eigenvalue weighted by Crippen LogP contribution is 2.28. The molecular weight excluding hydrogens is 284 g/mol. The van der Waals surface area contributed by atoms with Crippen LogP contribution in [0.4, 0.5) is 0 Å². The number of hydrogen-bond acceptors (Lipinski definition) is 3. The number of thiocarbonyl (C=S) groups is 1. The Balaban J connectivity index is 2.49. The first-order valence-corrected chi connectivity index (χ1v) is 6.43. The quantitative estimate of drug-likeness (QED) is 0.648. The van der Waals surface area contributed by atoms with Crippen LogP contribution in [0, 0.1) is 0 Å². The van der Waals surface area contributed by atoms with Gasteiger partial charge in [-0.15, -0.1) is 0 Å². The van der Waals surface area contributed by atoms with E-state index in [-0.39, 0.29) is 6.04 Å². The van der Waals surface area contributed by atoms with E-state index >= 15 is 0 Å². The number of carbonyl (C=O) groups excluding carboxylic acids is 1. The summed E-state index contributed by atoms with van der Waals surface area (Å²) in [5.41, 5.74) is 2.04. The number of methoxy groups -OCH3 is 1. The van der Waals surface area contributed by atoms with Gasteiger partial charge in [-0.1, -0.05) is 23.7 Å². The number of esters is 1. The van der Waals surface area contributed by atoms with Crippen molar-refractivity contribution in [3.63, 3.8) is 0 Å². The van der Waals surface area contributed by atoms with Crippen molar-refractivity contribution in [1.82, 2.24) is 10.6 Å². The van der Waals surface area contributed by atoms with Crippen molar-refractivity contribution in [2.75, 3.05) is 7.11 Å². The van der Waals surface area contributed by atoms with Crippen LogP contribution in [0.25, 0.3) is 0 Å². The van der Waals surface area contributed by atoms with Gasteiger partial charge < -0.3 is 15.4 Å². The van der Waals surface area contributed by atoms with Crippen molar-refractivity contribution >= 4 is 34.9 Å². The van der Waals surface area contributed by atoms with Crippen LogP contribution in [0.2, 0.25) is 5.02 Å². The zero-order valence-corrected chi connectivity index (χ0v) is 12.1. The van der Waals surface area contributed by atoms with Crippen LogP contribution in [0.5, 0.6) is 0 Å². The molecule has 0 aliphatic carbocycles. The highest BCUT2D eigenvalue weighted by atomic mass is 35.5. The van der Waals surface area contributed by atoms with Crippen molar-refractivity contribution in [2.24, 2.45) is 0 Å². The molecule has 2 rings (SSSR count). The van der Waals surface area contributed by atoms with Crippen LogP contribution in [-0.4, -0.2) is 18.2 Å². The molecule has 0 saturated heterocycles. The molecule has 1 aromatic carbocycles. The molecule has 1 aliphatic rings. The molecule has 1 aliphatic heterocycles. The van der Waals surface area contributed by atoms with Crippen LogP contribution in [0.15, 0.2) is 35.5 Å². The molecule has 0 unspecified atom stereocenters. The lowest BCUT2D eigenvalue weighted by molar-refractivity contribution is -0.136. The maximum Gasteiger partial charge on any atom is 0.337 e. The standard InChI is InChI=1S/C13H13ClN2O2S/c1-7-10(12(17)18-2)11(16-13(19)15-7)8-4-3-5-9(14)6-8/h3-6,11H,1-2H3,(H2,15,16,19)/t11-/m1/s1. The van der Waals surface area contributed by atoms with E-state index < -0.39 is 5.97 Å². The Bertz CT molecular complexity index is 572. The largest absolute Gasteiger partial charge is 0.466 e. The number of benzene rings is 1. The van der Waals surface area contributed by atoms with Crippen LogP contribution in [0.3, 0.4) is 0 Å². The van der Waals surface area contributed by atoms with Gasteiger partial charge in [0.1, 0.15) is 0 Å². The number of carbonyl (C=O) groups is 1. The minimum absolute atomic E-state index is 0.361. The molecule has 100 valence electrons. The highest BCUT2D eigenvalue weighted by molar-refractivity contribution is 7.80. The van der Waals surface area contributed by atoms with Gasteiger partial charge in [-0.2, -0.15) is 0 Å². The van der Waals surface area contributed by atoms with Crippen LogP contribution >= 0.6 is 23.8 Å². The van der Waals surface area contributed by atoms with E-state index in [1.54, 1.807) is 19.1 Å². The van der Waals surface area contributed by atoms with Gasteiger partial charge in [-0.05, 0) is 36.8 Å². The molecule has 2 N–H and O–H groups in total. The average Bonchev–Trinajstić information content (AvgIpc) is 2.37. The Morgan fingerprint density at radius 3 is 2.84 bits per heavy atom. The fraction of sp³-hybridized carbons (Fsp3) is 0.231. The zero-order valence-electron chi connectivity index (χ0n) is 10.5. The first-order chi connectivity index (χ1) is 9.02. The number of rotatable bonds is 2. The molecule has 19 heavy (non-hydrogen) atoms. The Morgan fingerprint density at radius 1 is 1.47 bits per heavy atom. The van der Waals surface area contributed by atoms with Crippen molar-refractivity contribution in [3.05, 3.63) is 46.1 Å². The van der Waals surface area contributed by atoms with Gasteiger partial charge >= 0.3 is 5.97 Å². The Kier molecular flexibility index (Phi) is 4.07. The molecule has 0 fully saturated rings. The summed E-state index contributed by atoms with van der Waals surface area (Å²) in [5.74, 6) is -0.398. The lowest BCUT2D eigenvalue weighted by atomic mass is 9.96. The molecule has 0 amide bonds. The van der Waals surface area contributed by atoms with E-state index in [4.69, 9.17) is 28.6 Å². The first-order valence-electron chi connectivity index (χ1n) is 5.65. The fourth-order valence-electron chi connectivity index (χ4n) is 2.01. The summed E-state index contributed by atoms with van der Waals surface area (Å²) in [6.45, 7) is 1.79. The normalized spacial score (nSPS) is 18.7. The maximum absolute atomic E-state index is 11.9. The third-order valence-corrected chi connectivity index (χ3v) is 3.31. The van der Waals surface area contributed by atoms with E-state index in [9.17, 15) is 4.79 Å². The van der Waals surface area contributed by atoms with E-state index in [2.05, 4.69) is 10.6 Å². The molecule has 1 heterocycles. The number of ether oxygens (including phenoxy) is 1. The van der Waals surface area contributed by atoms with Gasteiger partial charge in [0.15, 0.2) is 5.11 Å². The Hall–Kier alpha value is -1.59. The van der Waals surface area contributed by atoms with E-state index in [1.807, 2.05) is 12.1 Å². The SMILES string of the molecule is COC(=O)C1=C(C)NC(=S)N[C@@H]1c1cccc(Cl)c1. The third-order valence-electron chi connectivity index (χ3n) is 2.86. The smallest absolute Gasteiger partial charge is 0.337 e. The summed E-state index contributed by atoms with van der Waals surface area (Å²) >= 11 is 11.1. The number of nitrogens with one attached hydrogen (secondary N) is 2. The highest BCUT2D eigenvalue weighted by Gasteiger charge is 2.30. The van der Waals surface area contributed by atoms with Crippen molar-refractivity contribution in [3.8, 4) is 0 Å². The zero-order chi connectivity index (χ0) is 14.0. The molecule has 0 radical (unpaired) electrons. The minimum atomic E-state index is -0.398. The van der Waals surface area contributed by atoms with Gasteiger partial charge in [0.2, 0.25) is 0 Å². The predicted octanol–water partition coefficient (Wildman–Crippen LogP) is 2.31. The van der Waals surface area contributed by atoms with Gasteiger partial charge in [0.05, 0.1) is 18.7 Å². The fourth-order valence-corrected chi connectivity index (χ4v) is 2.48. The van der Waals surface area contributed by atoms with E-state index in [0.29, 0.717) is 21.4 Å². The monoisotopic (exact) mass is 296 g/mol. The summed E-state index contributed by atoms with van der Waals surface area (Å²) in [5, 5.41) is 7.05. The van der Waals surface area contributed by atoms with E-state index in [0.717, 1.165) is 5.56 Å². The maximum atomic E-state index is 11.9. The minimum Gasteiger partial charge on any atom is -0.466 e. The summed E-state index contributed by atoms with van der Waals surface area (Å²) in [6.07, 6.45) is 0. The lowest BCUT2D eigenvalue weighted by Gasteiger charge is -2.29.